The van der Waals surface area contributed by atoms with E-state index in [-0.39, 0.29) is 20.1 Å². The largest absolute Gasteiger partial charge is 0.459 e. The smallest absolute Gasteiger partial charge is 0.332 e. The van der Waals surface area contributed by atoms with Gasteiger partial charge in [0.25, 0.3) is 5.91 Å². The number of hydrogen-bond acceptors (Lipinski definition) is 6. The van der Waals surface area contributed by atoms with Crippen LogP contribution in [0.4, 0.5) is 35.1 Å². The molecule has 0 bridgehead atoms. The zero-order chi connectivity index (χ0) is 26.0. The Balaban J connectivity index is 1.71. The van der Waals surface area contributed by atoms with Crippen LogP contribution in [-0.2, 0) is 19.1 Å². The van der Waals surface area contributed by atoms with Crippen molar-refractivity contribution in [3.8, 4) is 22.3 Å². The molecule has 0 unspecified atom stereocenters. The normalized spacial score (nSPS) is 15.7. The van der Waals surface area contributed by atoms with E-state index in [0.717, 1.165) is 30.8 Å². The van der Waals surface area contributed by atoms with Gasteiger partial charge in [0, 0.05) is 25.0 Å². The number of nitrogens with one attached hydrogen (secondary N) is 1. The Bertz CT molecular complexity index is 1340. The quantitative estimate of drug-likeness (QED) is 0.504. The second-order valence-electron chi connectivity index (χ2n) is 7.59. The van der Waals surface area contributed by atoms with Crippen LogP contribution in [0.5, 0.6) is 0 Å². The number of aromatic nitrogens is 5. The van der Waals surface area contributed by atoms with Crippen LogP contribution in [-0.4, -0.2) is 42.2 Å². The number of carbonyl (C=O) groups excluding carboxylic acids is 1. The summed E-state index contributed by atoms with van der Waals surface area (Å²) in [6.07, 6.45) is -7.85. The lowest BCUT2D eigenvalue weighted by atomic mass is 10.1. The highest BCUT2D eigenvalue weighted by molar-refractivity contribution is 7.16. The Labute approximate surface area is 193 Å². The molecule has 4 rings (SSSR count). The summed E-state index contributed by atoms with van der Waals surface area (Å²) in [5.41, 5.74) is -5.67. The fourth-order valence-corrected chi connectivity index (χ4v) is 3.92. The third-order valence-corrected chi connectivity index (χ3v) is 6.10. The summed E-state index contributed by atoms with van der Waals surface area (Å²) in [5.74, 6) is -7.70. The third kappa shape index (κ3) is 4.22. The highest BCUT2D eigenvalue weighted by atomic mass is 32.1. The first-order chi connectivity index (χ1) is 16.1. The van der Waals surface area contributed by atoms with Gasteiger partial charge in [0.2, 0.25) is 0 Å². The fraction of sp³-hybridized carbons (Fsp3) is 0.389. The molecule has 0 atom stereocenters. The van der Waals surface area contributed by atoms with Gasteiger partial charge in [-0.05, 0) is 12.8 Å². The summed E-state index contributed by atoms with van der Waals surface area (Å²) in [7, 11) is 0.764. The minimum Gasteiger partial charge on any atom is -0.332 e. The monoisotopic (exact) mass is 525 g/mol. The van der Waals surface area contributed by atoms with Crippen LogP contribution in [0.15, 0.2) is 18.6 Å². The van der Waals surface area contributed by atoms with Crippen molar-refractivity contribution in [2.45, 2.75) is 36.7 Å². The van der Waals surface area contributed by atoms with E-state index in [1.807, 2.05) is 6.07 Å². The molecule has 3 aromatic heterocycles. The van der Waals surface area contributed by atoms with Gasteiger partial charge >= 0.3 is 18.3 Å². The van der Waals surface area contributed by atoms with Crippen LogP contribution in [0.3, 0.4) is 0 Å². The van der Waals surface area contributed by atoms with Crippen molar-refractivity contribution in [1.82, 2.24) is 29.9 Å². The first-order valence-corrected chi connectivity index (χ1v) is 10.3. The van der Waals surface area contributed by atoms with Crippen LogP contribution in [0, 0.1) is 11.3 Å². The SMILES string of the molecule is Cn1nc(C(F)(F)C(F)(F)F)c(C(F)(F)F)c1-n1cc(-c2cnc(C(=O)NC3(C#N)CC3)s2)cn1. The molecule has 3 aromatic rings. The number of thiazole rings is 1. The molecule has 1 amide bonds. The van der Waals surface area contributed by atoms with Gasteiger partial charge < -0.3 is 5.32 Å². The van der Waals surface area contributed by atoms with Crippen molar-refractivity contribution in [3.63, 3.8) is 0 Å². The number of amides is 1. The maximum absolute atomic E-state index is 13.9. The lowest BCUT2D eigenvalue weighted by molar-refractivity contribution is -0.292. The number of hydrogen-bond donors (Lipinski definition) is 1. The molecule has 1 fully saturated rings. The van der Waals surface area contributed by atoms with E-state index >= 15 is 0 Å². The summed E-state index contributed by atoms with van der Waals surface area (Å²) in [6.45, 7) is 0. The molecule has 17 heteroatoms. The van der Waals surface area contributed by atoms with Crippen LogP contribution in [0.1, 0.15) is 33.9 Å². The number of rotatable bonds is 5. The molecule has 0 aromatic carbocycles. The Morgan fingerprint density at radius 3 is 2.37 bits per heavy atom. The van der Waals surface area contributed by atoms with E-state index in [2.05, 4.69) is 20.5 Å². The molecular weight excluding hydrogens is 514 g/mol. The van der Waals surface area contributed by atoms with E-state index in [1.165, 1.54) is 6.20 Å². The van der Waals surface area contributed by atoms with Gasteiger partial charge in [-0.25, -0.2) is 14.3 Å². The molecule has 35 heavy (non-hydrogen) atoms. The van der Waals surface area contributed by atoms with Crippen molar-refractivity contribution >= 4 is 17.2 Å². The van der Waals surface area contributed by atoms with Crippen molar-refractivity contribution < 1.29 is 39.9 Å². The molecule has 186 valence electrons. The molecule has 1 saturated carbocycles. The van der Waals surface area contributed by atoms with Gasteiger partial charge in [-0.15, -0.1) is 11.3 Å². The first kappa shape index (κ1) is 24.6. The number of halogens is 8. The standard InChI is InChI=1S/C18H11F8N7OS/c1-32-14(10(17(21,22)23)11(31-32)16(19,20)18(24,25)26)33-6-8(4-29-33)9-5-28-13(35-9)12(34)30-15(7-27)2-3-15/h4-6H,2-3H2,1H3,(H,30,34). The van der Waals surface area contributed by atoms with Crippen LogP contribution in [0.2, 0.25) is 0 Å². The van der Waals surface area contributed by atoms with E-state index < -0.39 is 46.8 Å². The van der Waals surface area contributed by atoms with Crippen LogP contribution >= 0.6 is 11.3 Å². The van der Waals surface area contributed by atoms with E-state index in [9.17, 15) is 39.9 Å². The maximum atomic E-state index is 13.9. The number of aryl methyl sites for hydroxylation is 1. The summed E-state index contributed by atoms with van der Waals surface area (Å²) in [5, 5.41) is 18.0. The molecule has 0 aliphatic heterocycles. The molecule has 3 heterocycles. The highest BCUT2D eigenvalue weighted by Gasteiger charge is 2.64. The highest BCUT2D eigenvalue weighted by Crippen LogP contribution is 2.49. The Hall–Kier alpha value is -3.55. The topological polar surface area (TPSA) is 101 Å². The third-order valence-electron chi connectivity index (χ3n) is 5.05. The lowest BCUT2D eigenvalue weighted by Crippen LogP contribution is -2.36. The lowest BCUT2D eigenvalue weighted by Gasteiger charge is -2.19. The van der Waals surface area contributed by atoms with Crippen molar-refractivity contribution in [2.75, 3.05) is 0 Å². The van der Waals surface area contributed by atoms with E-state index in [0.29, 0.717) is 17.5 Å². The van der Waals surface area contributed by atoms with Gasteiger partial charge in [0.15, 0.2) is 16.5 Å². The molecule has 0 spiro atoms. The molecule has 0 radical (unpaired) electrons. The molecule has 1 aliphatic rings. The molecule has 1 N–H and O–H groups in total. The average Bonchev–Trinajstić information content (AvgIpc) is 3.14. The predicted octanol–water partition coefficient (Wildman–Crippen LogP) is 4.19. The number of alkyl halides is 8. The van der Waals surface area contributed by atoms with Gasteiger partial charge in [-0.1, -0.05) is 0 Å². The van der Waals surface area contributed by atoms with Crippen molar-refractivity contribution in [2.24, 2.45) is 7.05 Å². The van der Waals surface area contributed by atoms with E-state index in [4.69, 9.17) is 5.26 Å². The number of carbonyl (C=O) groups is 1. The van der Waals surface area contributed by atoms with Gasteiger partial charge in [0.05, 0.1) is 17.1 Å². The summed E-state index contributed by atoms with van der Waals surface area (Å²) < 4.78 is 108. The Kier molecular flexibility index (Phi) is 5.43. The number of nitrogens with zero attached hydrogens (tertiary/aromatic N) is 6. The Morgan fingerprint density at radius 1 is 1.17 bits per heavy atom. The van der Waals surface area contributed by atoms with Gasteiger partial charge in [-0.3, -0.25) is 4.79 Å². The summed E-state index contributed by atoms with van der Waals surface area (Å²) in [6, 6.07) is 1.97. The molecule has 0 saturated heterocycles. The van der Waals surface area contributed by atoms with Crippen molar-refractivity contribution in [3.05, 3.63) is 34.9 Å². The zero-order valence-corrected chi connectivity index (χ0v) is 18.0. The van der Waals surface area contributed by atoms with Crippen LogP contribution < -0.4 is 5.32 Å². The average molecular weight is 525 g/mol. The van der Waals surface area contributed by atoms with Crippen LogP contribution in [0.25, 0.3) is 16.3 Å². The van der Waals surface area contributed by atoms with E-state index in [1.54, 1.807) is 0 Å². The predicted molar refractivity (Wildman–Crippen MR) is 101 cm³/mol. The second-order valence-corrected chi connectivity index (χ2v) is 8.62. The zero-order valence-electron chi connectivity index (χ0n) is 17.2. The van der Waals surface area contributed by atoms with Gasteiger partial charge in [0.1, 0.15) is 11.1 Å². The molecular formula is C18H11F8N7OS. The summed E-state index contributed by atoms with van der Waals surface area (Å²) >= 11 is 0.809. The fourth-order valence-electron chi connectivity index (χ4n) is 3.13. The van der Waals surface area contributed by atoms with Crippen molar-refractivity contribution in [1.29, 1.82) is 5.26 Å². The molecule has 8 nitrogen and oxygen atoms in total. The van der Waals surface area contributed by atoms with Gasteiger partial charge in [-0.2, -0.15) is 50.6 Å². The Morgan fingerprint density at radius 2 is 1.83 bits per heavy atom. The second kappa shape index (κ2) is 7.73. The maximum Gasteiger partial charge on any atom is 0.459 e. The minimum atomic E-state index is -6.32. The summed E-state index contributed by atoms with van der Waals surface area (Å²) in [4.78, 5) is 16.4. The first-order valence-electron chi connectivity index (χ1n) is 9.44. The number of nitriles is 1. The molecule has 1 aliphatic carbocycles. The minimum absolute atomic E-state index is 0.0575.